The molecule has 1 N–H and O–H groups in total. The fraction of sp³-hybridized carbons (Fsp3) is 0.846. The zero-order valence-electron chi connectivity index (χ0n) is 10.8. The van der Waals surface area contributed by atoms with E-state index < -0.39 is 5.60 Å². The standard InChI is InChI=1S/C13H22N2O2/c1-11(6-9-14)15(2)12(16)10-13(17)7-4-3-5-8-13/h11,17H,3-8,10H2,1-2H3. The fourth-order valence-corrected chi connectivity index (χ4v) is 2.31. The van der Waals surface area contributed by atoms with Crippen LogP contribution in [0.4, 0.5) is 0 Å². The van der Waals surface area contributed by atoms with Crippen LogP contribution in [0.2, 0.25) is 0 Å². The molecule has 0 aromatic heterocycles. The molecule has 0 radical (unpaired) electrons. The zero-order valence-corrected chi connectivity index (χ0v) is 10.8. The molecule has 1 atom stereocenters. The van der Waals surface area contributed by atoms with E-state index in [0.717, 1.165) is 32.1 Å². The Morgan fingerprint density at radius 2 is 2.06 bits per heavy atom. The van der Waals surface area contributed by atoms with Crippen LogP contribution in [-0.4, -0.2) is 34.6 Å². The molecule has 1 unspecified atom stereocenters. The molecule has 4 heteroatoms. The summed E-state index contributed by atoms with van der Waals surface area (Å²) < 4.78 is 0. The number of nitriles is 1. The molecule has 0 aromatic carbocycles. The van der Waals surface area contributed by atoms with Gasteiger partial charge in [0.1, 0.15) is 0 Å². The third-order valence-corrected chi connectivity index (χ3v) is 3.71. The molecule has 1 rings (SSSR count). The van der Waals surface area contributed by atoms with Gasteiger partial charge in [0, 0.05) is 13.1 Å². The summed E-state index contributed by atoms with van der Waals surface area (Å²) in [6.07, 6.45) is 5.12. The fourth-order valence-electron chi connectivity index (χ4n) is 2.31. The van der Waals surface area contributed by atoms with Crippen LogP contribution < -0.4 is 0 Å². The second kappa shape index (κ2) is 6.02. The van der Waals surface area contributed by atoms with Crippen molar-refractivity contribution < 1.29 is 9.90 Å². The van der Waals surface area contributed by atoms with Crippen LogP contribution >= 0.6 is 0 Å². The van der Waals surface area contributed by atoms with Crippen molar-refractivity contribution in [1.82, 2.24) is 4.90 Å². The molecule has 1 saturated carbocycles. The van der Waals surface area contributed by atoms with E-state index in [4.69, 9.17) is 5.26 Å². The lowest BCUT2D eigenvalue weighted by Crippen LogP contribution is -2.42. The third-order valence-electron chi connectivity index (χ3n) is 3.71. The van der Waals surface area contributed by atoms with Crippen molar-refractivity contribution in [2.45, 2.75) is 63.5 Å². The Morgan fingerprint density at radius 3 is 2.59 bits per heavy atom. The maximum absolute atomic E-state index is 12.0. The molecule has 1 fully saturated rings. The predicted molar refractivity (Wildman–Crippen MR) is 65.1 cm³/mol. The Morgan fingerprint density at radius 1 is 1.47 bits per heavy atom. The Balaban J connectivity index is 2.50. The average Bonchev–Trinajstić information content (AvgIpc) is 2.28. The van der Waals surface area contributed by atoms with E-state index in [9.17, 15) is 9.90 Å². The number of rotatable bonds is 4. The van der Waals surface area contributed by atoms with Gasteiger partial charge in [-0.3, -0.25) is 4.79 Å². The van der Waals surface area contributed by atoms with Crippen LogP contribution in [-0.2, 0) is 4.79 Å². The minimum absolute atomic E-state index is 0.0582. The minimum atomic E-state index is -0.810. The lowest BCUT2D eigenvalue weighted by Gasteiger charge is -2.34. The summed E-state index contributed by atoms with van der Waals surface area (Å²) in [5.74, 6) is -0.0582. The molecule has 1 aliphatic rings. The number of aliphatic hydroxyl groups is 1. The summed E-state index contributed by atoms with van der Waals surface area (Å²) in [7, 11) is 1.70. The third kappa shape index (κ3) is 4.01. The highest BCUT2D eigenvalue weighted by molar-refractivity contribution is 5.77. The maximum Gasteiger partial charge on any atom is 0.225 e. The first kappa shape index (κ1) is 14.0. The zero-order chi connectivity index (χ0) is 12.9. The largest absolute Gasteiger partial charge is 0.389 e. The molecule has 0 aliphatic heterocycles. The van der Waals surface area contributed by atoms with Gasteiger partial charge in [-0.2, -0.15) is 5.26 Å². The highest BCUT2D eigenvalue weighted by Gasteiger charge is 2.33. The minimum Gasteiger partial charge on any atom is -0.389 e. The van der Waals surface area contributed by atoms with Crippen LogP contribution in [0.5, 0.6) is 0 Å². The van der Waals surface area contributed by atoms with Gasteiger partial charge in [0.2, 0.25) is 5.91 Å². The molecule has 1 amide bonds. The smallest absolute Gasteiger partial charge is 0.225 e. The molecule has 1 aliphatic carbocycles. The van der Waals surface area contributed by atoms with E-state index in [-0.39, 0.29) is 18.4 Å². The van der Waals surface area contributed by atoms with Crippen LogP contribution in [0.3, 0.4) is 0 Å². The van der Waals surface area contributed by atoms with Crippen LogP contribution in [0, 0.1) is 11.3 Å². The van der Waals surface area contributed by atoms with Gasteiger partial charge in [0.15, 0.2) is 0 Å². The van der Waals surface area contributed by atoms with E-state index in [1.54, 1.807) is 11.9 Å². The SMILES string of the molecule is CC(CC#N)N(C)C(=O)CC1(O)CCCCC1. The Labute approximate surface area is 103 Å². The number of amides is 1. The Kier molecular flexibility index (Phi) is 4.95. The van der Waals surface area contributed by atoms with Crippen molar-refractivity contribution >= 4 is 5.91 Å². The number of hydrogen-bond donors (Lipinski definition) is 1. The summed E-state index contributed by atoms with van der Waals surface area (Å²) in [6.45, 7) is 1.85. The first-order valence-electron chi connectivity index (χ1n) is 6.33. The molecule has 0 aromatic rings. The lowest BCUT2D eigenvalue weighted by atomic mass is 9.82. The average molecular weight is 238 g/mol. The summed E-state index contributed by atoms with van der Waals surface area (Å²) in [5, 5.41) is 18.9. The summed E-state index contributed by atoms with van der Waals surface area (Å²) in [5.41, 5.74) is -0.810. The van der Waals surface area contributed by atoms with Gasteiger partial charge in [0.25, 0.3) is 0 Å². The summed E-state index contributed by atoms with van der Waals surface area (Å²) in [6, 6.07) is 1.98. The van der Waals surface area contributed by atoms with E-state index in [1.807, 2.05) is 6.92 Å². The van der Waals surface area contributed by atoms with Crippen molar-refractivity contribution in [1.29, 1.82) is 5.26 Å². The first-order valence-corrected chi connectivity index (χ1v) is 6.33. The molecule has 0 saturated heterocycles. The summed E-state index contributed by atoms with van der Waals surface area (Å²) >= 11 is 0. The van der Waals surface area contributed by atoms with E-state index >= 15 is 0 Å². The second-order valence-electron chi connectivity index (χ2n) is 5.18. The number of hydrogen-bond acceptors (Lipinski definition) is 3. The van der Waals surface area contributed by atoms with Gasteiger partial charge in [-0.05, 0) is 19.8 Å². The van der Waals surface area contributed by atoms with Crippen molar-refractivity contribution in [3.8, 4) is 6.07 Å². The van der Waals surface area contributed by atoms with Gasteiger partial charge in [-0.15, -0.1) is 0 Å². The highest BCUT2D eigenvalue weighted by Crippen LogP contribution is 2.31. The molecule has 0 spiro atoms. The van der Waals surface area contributed by atoms with E-state index in [0.29, 0.717) is 6.42 Å². The van der Waals surface area contributed by atoms with E-state index in [1.165, 1.54) is 0 Å². The quantitative estimate of drug-likeness (QED) is 0.812. The molecule has 17 heavy (non-hydrogen) atoms. The van der Waals surface area contributed by atoms with Gasteiger partial charge in [-0.1, -0.05) is 19.3 Å². The number of carbonyl (C=O) groups excluding carboxylic acids is 1. The molecular formula is C13H22N2O2. The van der Waals surface area contributed by atoms with Crippen molar-refractivity contribution in [2.24, 2.45) is 0 Å². The van der Waals surface area contributed by atoms with Crippen molar-refractivity contribution in [2.75, 3.05) is 7.05 Å². The predicted octanol–water partition coefficient (Wildman–Crippen LogP) is 1.83. The van der Waals surface area contributed by atoms with Crippen molar-refractivity contribution in [3.63, 3.8) is 0 Å². The molecule has 0 bridgehead atoms. The van der Waals surface area contributed by atoms with E-state index in [2.05, 4.69) is 6.07 Å². The second-order valence-corrected chi connectivity index (χ2v) is 5.18. The molecule has 4 nitrogen and oxygen atoms in total. The first-order chi connectivity index (χ1) is 7.98. The monoisotopic (exact) mass is 238 g/mol. The normalized spacial score (nSPS) is 20.4. The topological polar surface area (TPSA) is 64.3 Å². The number of carbonyl (C=O) groups is 1. The summed E-state index contributed by atoms with van der Waals surface area (Å²) in [4.78, 5) is 13.6. The van der Waals surface area contributed by atoms with Gasteiger partial charge in [-0.25, -0.2) is 0 Å². The van der Waals surface area contributed by atoms with Crippen LogP contribution in [0.15, 0.2) is 0 Å². The van der Waals surface area contributed by atoms with Crippen LogP contribution in [0.1, 0.15) is 51.9 Å². The van der Waals surface area contributed by atoms with Crippen molar-refractivity contribution in [3.05, 3.63) is 0 Å². The Hall–Kier alpha value is -1.08. The molecule has 96 valence electrons. The molecule has 0 heterocycles. The van der Waals surface area contributed by atoms with Crippen LogP contribution in [0.25, 0.3) is 0 Å². The molecular weight excluding hydrogens is 216 g/mol. The maximum atomic E-state index is 12.0. The number of nitrogens with zero attached hydrogens (tertiary/aromatic N) is 2. The Bertz CT molecular complexity index is 303. The van der Waals surface area contributed by atoms with Gasteiger partial charge < -0.3 is 10.0 Å². The lowest BCUT2D eigenvalue weighted by molar-refractivity contribution is -0.138. The highest BCUT2D eigenvalue weighted by atomic mass is 16.3. The van der Waals surface area contributed by atoms with Gasteiger partial charge in [0.05, 0.1) is 24.5 Å². The van der Waals surface area contributed by atoms with Gasteiger partial charge >= 0.3 is 0 Å².